The molecule has 0 spiro atoms. The highest BCUT2D eigenvalue weighted by Crippen LogP contribution is 2.24. The van der Waals surface area contributed by atoms with Crippen molar-refractivity contribution < 1.29 is 13.2 Å². The first-order valence-corrected chi connectivity index (χ1v) is 10.4. The van der Waals surface area contributed by atoms with Gasteiger partial charge in [0.25, 0.3) is 10.0 Å². The highest BCUT2D eigenvalue weighted by atomic mass is 32.2. The average molecular weight is 353 g/mol. The summed E-state index contributed by atoms with van der Waals surface area (Å²) in [4.78, 5) is 17.0. The van der Waals surface area contributed by atoms with E-state index in [4.69, 9.17) is 0 Å². The summed E-state index contributed by atoms with van der Waals surface area (Å²) in [6, 6.07) is 6.36. The fourth-order valence-corrected chi connectivity index (χ4v) is 4.09. The molecule has 0 radical (unpaired) electrons. The number of rotatable bonds is 6. The molecule has 1 saturated carbocycles. The third-order valence-electron chi connectivity index (χ3n) is 3.77. The molecule has 124 valence electrons. The van der Waals surface area contributed by atoms with Crippen molar-refractivity contribution in [1.29, 1.82) is 0 Å². The van der Waals surface area contributed by atoms with E-state index in [0.717, 1.165) is 18.6 Å². The Balaban J connectivity index is 1.88. The Kier molecular flexibility index (Phi) is 4.63. The SMILES string of the molecule is CSCC[C@H](N=C1NS(=O)(=O)c2ccccc21)C(=O)NC1CC1. The van der Waals surface area contributed by atoms with Crippen LogP contribution in [-0.2, 0) is 14.8 Å². The lowest BCUT2D eigenvalue weighted by atomic mass is 10.2. The van der Waals surface area contributed by atoms with Crippen molar-refractivity contribution in [3.63, 3.8) is 0 Å². The number of fused-ring (bicyclic) bond motifs is 1. The van der Waals surface area contributed by atoms with Gasteiger partial charge < -0.3 is 5.32 Å². The molecule has 1 aromatic carbocycles. The minimum absolute atomic E-state index is 0.127. The first-order valence-electron chi connectivity index (χ1n) is 7.50. The van der Waals surface area contributed by atoms with E-state index in [1.54, 1.807) is 36.0 Å². The highest BCUT2D eigenvalue weighted by Gasteiger charge is 2.32. The fourth-order valence-electron chi connectivity index (χ4n) is 2.39. The molecule has 1 aliphatic carbocycles. The van der Waals surface area contributed by atoms with E-state index in [0.29, 0.717) is 12.0 Å². The van der Waals surface area contributed by atoms with Crippen LogP contribution in [0.25, 0.3) is 0 Å². The van der Waals surface area contributed by atoms with Gasteiger partial charge >= 0.3 is 0 Å². The van der Waals surface area contributed by atoms with Crippen LogP contribution in [0.4, 0.5) is 0 Å². The Hall–Kier alpha value is -1.54. The van der Waals surface area contributed by atoms with Crippen LogP contribution in [0.3, 0.4) is 0 Å². The molecule has 1 aliphatic heterocycles. The van der Waals surface area contributed by atoms with Crippen molar-refractivity contribution in [2.45, 2.75) is 36.2 Å². The van der Waals surface area contributed by atoms with Gasteiger partial charge in [0.2, 0.25) is 5.91 Å². The number of aliphatic imine (C=N–C) groups is 1. The summed E-state index contributed by atoms with van der Waals surface area (Å²) in [7, 11) is -3.58. The van der Waals surface area contributed by atoms with Crippen LogP contribution >= 0.6 is 11.8 Å². The summed E-state index contributed by atoms with van der Waals surface area (Å²) in [5.74, 6) is 0.920. The lowest BCUT2D eigenvalue weighted by Crippen LogP contribution is -2.37. The molecular weight excluding hydrogens is 334 g/mol. The topological polar surface area (TPSA) is 87.6 Å². The number of amides is 1. The molecule has 6 nitrogen and oxygen atoms in total. The molecule has 23 heavy (non-hydrogen) atoms. The molecule has 3 rings (SSSR count). The van der Waals surface area contributed by atoms with E-state index in [9.17, 15) is 13.2 Å². The molecule has 1 amide bonds. The number of amidine groups is 1. The molecule has 1 heterocycles. The Morgan fingerprint density at radius 1 is 1.43 bits per heavy atom. The predicted molar refractivity (Wildman–Crippen MR) is 91.3 cm³/mol. The maximum absolute atomic E-state index is 12.4. The van der Waals surface area contributed by atoms with E-state index in [2.05, 4.69) is 15.0 Å². The van der Waals surface area contributed by atoms with Crippen molar-refractivity contribution in [1.82, 2.24) is 10.0 Å². The quantitative estimate of drug-likeness (QED) is 0.802. The number of hydrogen-bond donors (Lipinski definition) is 2. The lowest BCUT2D eigenvalue weighted by Gasteiger charge is -2.13. The van der Waals surface area contributed by atoms with Crippen molar-refractivity contribution in [2.75, 3.05) is 12.0 Å². The summed E-state index contributed by atoms with van der Waals surface area (Å²) < 4.78 is 26.7. The number of thioether (sulfide) groups is 1. The number of carbonyl (C=O) groups is 1. The predicted octanol–water partition coefficient (Wildman–Crippen LogP) is 1.13. The third kappa shape index (κ3) is 3.69. The minimum Gasteiger partial charge on any atom is -0.352 e. The zero-order chi connectivity index (χ0) is 16.4. The number of benzene rings is 1. The largest absolute Gasteiger partial charge is 0.352 e. The molecule has 1 atom stereocenters. The summed E-state index contributed by atoms with van der Waals surface area (Å²) in [5.41, 5.74) is 0.529. The normalized spacial score (nSPS) is 21.5. The Morgan fingerprint density at radius 2 is 2.17 bits per heavy atom. The first kappa shape index (κ1) is 16.3. The average Bonchev–Trinajstić information content (AvgIpc) is 3.29. The zero-order valence-electron chi connectivity index (χ0n) is 12.8. The van der Waals surface area contributed by atoms with Gasteiger partial charge in [-0.05, 0) is 43.4 Å². The molecular formula is C15H19N3O3S2. The van der Waals surface area contributed by atoms with Crippen LogP contribution in [0, 0.1) is 0 Å². The minimum atomic E-state index is -3.58. The third-order valence-corrected chi connectivity index (χ3v) is 5.81. The van der Waals surface area contributed by atoms with E-state index >= 15 is 0 Å². The molecule has 2 aliphatic rings. The monoisotopic (exact) mass is 353 g/mol. The van der Waals surface area contributed by atoms with Gasteiger partial charge in [-0.15, -0.1) is 0 Å². The second-order valence-corrected chi connectivity index (χ2v) is 8.30. The first-order chi connectivity index (χ1) is 11.0. The zero-order valence-corrected chi connectivity index (χ0v) is 14.4. The molecule has 0 bridgehead atoms. The van der Waals surface area contributed by atoms with Crippen LogP contribution in [0.5, 0.6) is 0 Å². The van der Waals surface area contributed by atoms with Crippen LogP contribution < -0.4 is 10.0 Å². The Morgan fingerprint density at radius 3 is 2.87 bits per heavy atom. The Labute approximate surface area is 140 Å². The maximum Gasteiger partial charge on any atom is 0.263 e. The van der Waals surface area contributed by atoms with Gasteiger partial charge in [-0.25, -0.2) is 8.42 Å². The highest BCUT2D eigenvalue weighted by molar-refractivity contribution is 7.98. The molecule has 2 N–H and O–H groups in total. The number of nitrogens with one attached hydrogen (secondary N) is 2. The van der Waals surface area contributed by atoms with Crippen molar-refractivity contribution in [2.24, 2.45) is 4.99 Å². The summed E-state index contributed by atoms with van der Waals surface area (Å²) in [6.07, 6.45) is 4.56. The Bertz CT molecular complexity index is 742. The van der Waals surface area contributed by atoms with Crippen LogP contribution in [0.15, 0.2) is 34.2 Å². The summed E-state index contributed by atoms with van der Waals surface area (Å²) in [5, 5.41) is 2.95. The van der Waals surface area contributed by atoms with E-state index in [1.807, 2.05) is 6.26 Å². The van der Waals surface area contributed by atoms with Gasteiger partial charge in [-0.1, -0.05) is 12.1 Å². The number of nitrogens with zero attached hydrogens (tertiary/aromatic N) is 1. The second-order valence-electron chi connectivity index (χ2n) is 5.66. The van der Waals surface area contributed by atoms with E-state index in [-0.39, 0.29) is 22.7 Å². The molecule has 0 aromatic heterocycles. The molecule has 1 aromatic rings. The number of carbonyl (C=O) groups excluding carboxylic acids is 1. The van der Waals surface area contributed by atoms with Crippen molar-refractivity contribution in [3.05, 3.63) is 29.8 Å². The second kappa shape index (κ2) is 6.52. The van der Waals surface area contributed by atoms with Gasteiger partial charge in [0.05, 0.1) is 4.90 Å². The molecule has 0 unspecified atom stereocenters. The van der Waals surface area contributed by atoms with Gasteiger partial charge in [0.15, 0.2) is 0 Å². The van der Waals surface area contributed by atoms with Gasteiger partial charge in [-0.2, -0.15) is 11.8 Å². The fraction of sp³-hybridized carbons (Fsp3) is 0.467. The van der Waals surface area contributed by atoms with Crippen LogP contribution in [-0.4, -0.2) is 44.3 Å². The van der Waals surface area contributed by atoms with Crippen LogP contribution in [0.2, 0.25) is 0 Å². The summed E-state index contributed by atoms with van der Waals surface area (Å²) >= 11 is 1.64. The smallest absolute Gasteiger partial charge is 0.263 e. The lowest BCUT2D eigenvalue weighted by molar-refractivity contribution is -0.122. The number of hydrogen-bond acceptors (Lipinski definition) is 5. The summed E-state index contributed by atoms with van der Waals surface area (Å²) in [6.45, 7) is 0. The van der Waals surface area contributed by atoms with Gasteiger partial charge in [0, 0.05) is 11.6 Å². The number of sulfonamides is 1. The van der Waals surface area contributed by atoms with Crippen molar-refractivity contribution in [3.8, 4) is 0 Å². The van der Waals surface area contributed by atoms with Gasteiger partial charge in [0.1, 0.15) is 11.9 Å². The van der Waals surface area contributed by atoms with E-state index in [1.165, 1.54) is 0 Å². The molecule has 0 saturated heterocycles. The van der Waals surface area contributed by atoms with Crippen LogP contribution in [0.1, 0.15) is 24.8 Å². The maximum atomic E-state index is 12.4. The van der Waals surface area contributed by atoms with Gasteiger partial charge in [-0.3, -0.25) is 14.5 Å². The standard InChI is InChI=1S/C15H19N3O3S2/c1-22-9-8-12(15(19)16-10-6-7-10)17-14-11-4-2-3-5-13(11)23(20,21)18-14/h2-5,10,12H,6-9H2,1H3,(H,16,19)(H,17,18)/t12-/m0/s1. The molecule has 1 fully saturated rings. The van der Waals surface area contributed by atoms with E-state index < -0.39 is 16.1 Å². The molecule has 8 heteroatoms. The van der Waals surface area contributed by atoms with Crippen molar-refractivity contribution >= 4 is 33.5 Å².